The quantitative estimate of drug-likeness (QED) is 0.557. The van der Waals surface area contributed by atoms with Crippen molar-refractivity contribution in [1.82, 2.24) is 14.5 Å². The molecule has 0 fully saturated rings. The highest BCUT2D eigenvalue weighted by atomic mass is 16.3. The molecule has 0 N–H and O–H groups in total. The maximum absolute atomic E-state index is 5.56. The van der Waals surface area contributed by atoms with Crippen LogP contribution in [0.2, 0.25) is 0 Å². The van der Waals surface area contributed by atoms with E-state index in [0.717, 1.165) is 17.1 Å². The maximum atomic E-state index is 5.56. The zero-order chi connectivity index (χ0) is 16.4. The molecule has 3 heterocycles. The van der Waals surface area contributed by atoms with Crippen molar-refractivity contribution in [3.8, 4) is 11.6 Å². The third-order valence-electron chi connectivity index (χ3n) is 4.10. The molecule has 0 aliphatic rings. The standard InChI is InChI=1S/C20H17N3O/c1-15-4-6-16(7-5-15)19(17-8-10-21-11-9-17)23-13-12-22-20(23)18-3-2-14-24-18/h2-14,19H,1H3/t19-/m0/s1. The number of pyridine rings is 1. The van der Waals surface area contributed by atoms with Gasteiger partial charge in [-0.2, -0.15) is 0 Å². The third kappa shape index (κ3) is 2.63. The summed E-state index contributed by atoms with van der Waals surface area (Å²) in [7, 11) is 0. The van der Waals surface area contributed by atoms with Crippen LogP contribution < -0.4 is 0 Å². The van der Waals surface area contributed by atoms with Crippen LogP contribution in [0, 0.1) is 6.92 Å². The second-order valence-electron chi connectivity index (χ2n) is 5.73. The first kappa shape index (κ1) is 14.5. The molecule has 0 aliphatic heterocycles. The lowest BCUT2D eigenvalue weighted by molar-refractivity contribution is 0.565. The molecular formula is C20H17N3O. The van der Waals surface area contributed by atoms with Crippen LogP contribution in [0.4, 0.5) is 0 Å². The molecule has 0 bridgehead atoms. The topological polar surface area (TPSA) is 43.9 Å². The summed E-state index contributed by atoms with van der Waals surface area (Å²) in [5.41, 5.74) is 3.58. The minimum Gasteiger partial charge on any atom is -0.461 e. The second kappa shape index (κ2) is 6.16. The van der Waals surface area contributed by atoms with E-state index in [4.69, 9.17) is 4.42 Å². The number of nitrogens with zero attached hydrogens (tertiary/aromatic N) is 3. The predicted octanol–water partition coefficient (Wildman–Crippen LogP) is 4.48. The summed E-state index contributed by atoms with van der Waals surface area (Å²) in [6.07, 6.45) is 9.10. The minimum atomic E-state index is 0.0104. The van der Waals surface area contributed by atoms with Gasteiger partial charge >= 0.3 is 0 Å². The molecule has 0 saturated heterocycles. The lowest BCUT2D eigenvalue weighted by Crippen LogP contribution is -2.13. The van der Waals surface area contributed by atoms with Crippen LogP contribution in [0.3, 0.4) is 0 Å². The van der Waals surface area contributed by atoms with Gasteiger partial charge in [0, 0.05) is 24.8 Å². The lowest BCUT2D eigenvalue weighted by atomic mass is 9.98. The van der Waals surface area contributed by atoms with Crippen molar-refractivity contribution in [2.45, 2.75) is 13.0 Å². The summed E-state index contributed by atoms with van der Waals surface area (Å²) in [5, 5.41) is 0. The van der Waals surface area contributed by atoms with Crippen molar-refractivity contribution in [2.75, 3.05) is 0 Å². The predicted molar refractivity (Wildman–Crippen MR) is 92.6 cm³/mol. The van der Waals surface area contributed by atoms with Crippen LogP contribution in [-0.2, 0) is 0 Å². The molecule has 0 amide bonds. The summed E-state index contributed by atoms with van der Waals surface area (Å²) < 4.78 is 7.70. The van der Waals surface area contributed by atoms with Crippen molar-refractivity contribution < 1.29 is 4.42 Å². The molecule has 118 valence electrons. The van der Waals surface area contributed by atoms with Crippen LogP contribution in [0.25, 0.3) is 11.6 Å². The van der Waals surface area contributed by atoms with Crippen LogP contribution in [0.5, 0.6) is 0 Å². The monoisotopic (exact) mass is 315 g/mol. The number of benzene rings is 1. The van der Waals surface area contributed by atoms with Crippen LogP contribution >= 0.6 is 0 Å². The Hall–Kier alpha value is -3.14. The van der Waals surface area contributed by atoms with E-state index in [-0.39, 0.29) is 6.04 Å². The molecular weight excluding hydrogens is 298 g/mol. The van der Waals surface area contributed by atoms with Crippen LogP contribution in [0.1, 0.15) is 22.7 Å². The molecule has 0 unspecified atom stereocenters. The second-order valence-corrected chi connectivity index (χ2v) is 5.73. The highest BCUT2D eigenvalue weighted by molar-refractivity contribution is 5.49. The zero-order valence-corrected chi connectivity index (χ0v) is 13.3. The van der Waals surface area contributed by atoms with Crippen LogP contribution in [0.15, 0.2) is 84.0 Å². The van der Waals surface area contributed by atoms with E-state index in [1.807, 2.05) is 42.9 Å². The van der Waals surface area contributed by atoms with Crippen molar-refractivity contribution in [3.63, 3.8) is 0 Å². The zero-order valence-electron chi connectivity index (χ0n) is 13.3. The van der Waals surface area contributed by atoms with Gasteiger partial charge in [-0.05, 0) is 42.3 Å². The summed E-state index contributed by atoms with van der Waals surface area (Å²) in [4.78, 5) is 8.65. The number of aryl methyl sites for hydroxylation is 1. The van der Waals surface area contributed by atoms with E-state index in [1.165, 1.54) is 11.1 Å². The minimum absolute atomic E-state index is 0.0104. The molecule has 4 nitrogen and oxygen atoms in total. The Balaban J connectivity index is 1.88. The molecule has 4 aromatic rings. The fraction of sp³-hybridized carbons (Fsp3) is 0.100. The van der Waals surface area contributed by atoms with Crippen molar-refractivity contribution >= 4 is 0 Å². The van der Waals surface area contributed by atoms with E-state index in [0.29, 0.717) is 0 Å². The molecule has 1 atom stereocenters. The van der Waals surface area contributed by atoms with Gasteiger partial charge in [0.15, 0.2) is 11.6 Å². The van der Waals surface area contributed by atoms with Crippen LogP contribution in [-0.4, -0.2) is 14.5 Å². The third-order valence-corrected chi connectivity index (χ3v) is 4.10. The Kier molecular flexibility index (Phi) is 3.71. The molecule has 4 heteroatoms. The molecule has 0 spiro atoms. The molecule has 0 aliphatic carbocycles. The Bertz CT molecular complexity index is 909. The summed E-state index contributed by atoms with van der Waals surface area (Å²) in [5.74, 6) is 1.56. The Labute approximate surface area is 140 Å². The summed E-state index contributed by atoms with van der Waals surface area (Å²) in [6.45, 7) is 2.09. The number of rotatable bonds is 4. The first-order chi connectivity index (χ1) is 11.8. The molecule has 0 saturated carbocycles. The number of aromatic nitrogens is 3. The van der Waals surface area contributed by atoms with Gasteiger partial charge in [0.25, 0.3) is 0 Å². The van der Waals surface area contributed by atoms with Gasteiger partial charge in [0.1, 0.15) is 0 Å². The van der Waals surface area contributed by atoms with Gasteiger partial charge in [0.2, 0.25) is 0 Å². The number of imidazole rings is 1. The van der Waals surface area contributed by atoms with Gasteiger partial charge in [-0.15, -0.1) is 0 Å². The molecule has 0 radical (unpaired) electrons. The largest absolute Gasteiger partial charge is 0.461 e. The van der Waals surface area contributed by atoms with Gasteiger partial charge in [0.05, 0.1) is 12.3 Å². The van der Waals surface area contributed by atoms with Gasteiger partial charge < -0.3 is 8.98 Å². The van der Waals surface area contributed by atoms with Crippen molar-refractivity contribution in [1.29, 1.82) is 0 Å². The van der Waals surface area contributed by atoms with Gasteiger partial charge in [-0.3, -0.25) is 4.98 Å². The highest BCUT2D eigenvalue weighted by Crippen LogP contribution is 2.31. The fourth-order valence-corrected chi connectivity index (χ4v) is 2.93. The Morgan fingerprint density at radius 2 is 1.67 bits per heavy atom. The molecule has 4 rings (SSSR count). The molecule has 3 aromatic heterocycles. The van der Waals surface area contributed by atoms with E-state index >= 15 is 0 Å². The Morgan fingerprint density at radius 1 is 0.917 bits per heavy atom. The normalized spacial score (nSPS) is 12.2. The molecule has 1 aromatic carbocycles. The number of furan rings is 1. The van der Waals surface area contributed by atoms with E-state index in [2.05, 4.69) is 45.7 Å². The Morgan fingerprint density at radius 3 is 2.38 bits per heavy atom. The number of hydrogen-bond acceptors (Lipinski definition) is 3. The van der Waals surface area contributed by atoms with Crippen molar-refractivity contribution in [2.24, 2.45) is 0 Å². The highest BCUT2D eigenvalue weighted by Gasteiger charge is 2.20. The first-order valence-electron chi connectivity index (χ1n) is 7.86. The fourth-order valence-electron chi connectivity index (χ4n) is 2.93. The average molecular weight is 315 g/mol. The smallest absolute Gasteiger partial charge is 0.176 e. The lowest BCUT2D eigenvalue weighted by Gasteiger charge is -2.21. The van der Waals surface area contributed by atoms with E-state index in [1.54, 1.807) is 12.5 Å². The SMILES string of the molecule is Cc1ccc([C@@H](c2ccncc2)n2ccnc2-c2ccco2)cc1. The summed E-state index contributed by atoms with van der Waals surface area (Å²) >= 11 is 0. The van der Waals surface area contributed by atoms with Gasteiger partial charge in [-0.1, -0.05) is 29.8 Å². The number of hydrogen-bond donors (Lipinski definition) is 0. The molecule has 24 heavy (non-hydrogen) atoms. The van der Waals surface area contributed by atoms with E-state index in [9.17, 15) is 0 Å². The summed E-state index contributed by atoms with van der Waals surface area (Å²) in [6, 6.07) is 16.5. The van der Waals surface area contributed by atoms with Gasteiger partial charge in [-0.25, -0.2) is 4.98 Å². The average Bonchev–Trinajstić information content (AvgIpc) is 3.29. The maximum Gasteiger partial charge on any atom is 0.176 e. The van der Waals surface area contributed by atoms with E-state index < -0.39 is 0 Å². The van der Waals surface area contributed by atoms with Crippen molar-refractivity contribution in [3.05, 3.63) is 96.3 Å². The first-order valence-corrected chi connectivity index (χ1v) is 7.86.